The number of pyridine rings is 1. The smallest absolute Gasteiger partial charge is 0.320 e. The van der Waals surface area contributed by atoms with Crippen molar-refractivity contribution in [2.75, 3.05) is 30.5 Å². The number of nitrogens with zero attached hydrogens (tertiary/aromatic N) is 6. The van der Waals surface area contributed by atoms with E-state index in [4.69, 9.17) is 14.9 Å². The molecule has 0 aliphatic carbocycles. The number of aromatic nitrogens is 5. The van der Waals surface area contributed by atoms with Gasteiger partial charge in [-0.25, -0.2) is 9.48 Å². The average molecular weight is 721 g/mol. The van der Waals surface area contributed by atoms with Crippen LogP contribution in [0.1, 0.15) is 30.7 Å². The fourth-order valence-electron chi connectivity index (χ4n) is 5.39. The van der Waals surface area contributed by atoms with Gasteiger partial charge in [0.15, 0.2) is 11.5 Å². The van der Waals surface area contributed by atoms with Crippen LogP contribution in [0, 0.1) is 11.3 Å². The predicted octanol–water partition coefficient (Wildman–Crippen LogP) is 6.64. The number of urea groups is 1. The number of rotatable bonds is 13. The molecule has 2 amide bonds. The van der Waals surface area contributed by atoms with E-state index in [0.717, 1.165) is 32.5 Å². The molecule has 0 saturated heterocycles. The molecule has 0 fully saturated rings. The summed E-state index contributed by atoms with van der Waals surface area (Å²) in [4.78, 5) is 15.3. The fraction of sp³-hybridized carbons (Fsp3) is 0.216. The minimum atomic E-state index is -0.380. The largest absolute Gasteiger partial charge is 0.507 e. The van der Waals surface area contributed by atoms with E-state index in [2.05, 4.69) is 40.9 Å². The van der Waals surface area contributed by atoms with Gasteiger partial charge in [-0.3, -0.25) is 9.72 Å². The van der Waals surface area contributed by atoms with Crippen LogP contribution in [-0.2, 0) is 12.0 Å². The van der Waals surface area contributed by atoms with Crippen LogP contribution in [0.25, 0.3) is 22.7 Å². The Balaban J connectivity index is 1.19. The molecule has 6 rings (SSSR count). The average Bonchev–Trinajstić information content (AvgIpc) is 3.76. The van der Waals surface area contributed by atoms with Gasteiger partial charge in [0.05, 0.1) is 23.6 Å². The first-order valence-electron chi connectivity index (χ1n) is 16.0. The van der Waals surface area contributed by atoms with Crippen LogP contribution in [0.3, 0.4) is 0 Å². The number of fused-ring (bicyclic) bond motifs is 1. The topological polar surface area (TPSA) is 163 Å². The third kappa shape index (κ3) is 8.12. The number of thioether (sulfide) groups is 1. The molecular weight excluding hydrogens is 685 g/mol. The second-order valence-corrected chi connectivity index (χ2v) is 14.2. The number of ether oxygens (including phenoxy) is 1. The lowest BCUT2D eigenvalue weighted by Gasteiger charge is -2.20. The number of carbonyl (C=O) groups is 1. The number of hydrogen-bond acceptors (Lipinski definition) is 10. The van der Waals surface area contributed by atoms with Crippen molar-refractivity contribution >= 4 is 41.0 Å². The van der Waals surface area contributed by atoms with E-state index >= 15 is 0 Å². The first-order valence-corrected chi connectivity index (χ1v) is 18.2. The lowest BCUT2D eigenvalue weighted by Crippen LogP contribution is -2.29. The maximum Gasteiger partial charge on any atom is 0.320 e. The van der Waals surface area contributed by atoms with Gasteiger partial charge in [0, 0.05) is 45.3 Å². The SMILES string of the molecule is CSCC(C)(C)c1cc(NC(=O)NCc2ccccc2Sc2ccc3nnc(-c4ccc(O)c(C#N)c4)n3c2)n(-c2ccc(OCCO)cc2)n1. The van der Waals surface area contributed by atoms with Crippen molar-refractivity contribution in [2.24, 2.45) is 0 Å². The molecule has 3 heterocycles. The van der Waals surface area contributed by atoms with E-state index in [1.807, 2.05) is 71.3 Å². The molecule has 3 aromatic heterocycles. The number of phenolic OH excluding ortho intramolecular Hbond substituents is 1. The summed E-state index contributed by atoms with van der Waals surface area (Å²) in [5, 5.41) is 47.9. The minimum Gasteiger partial charge on any atom is -0.507 e. The zero-order chi connectivity index (χ0) is 36.0. The van der Waals surface area contributed by atoms with E-state index in [1.54, 1.807) is 40.7 Å². The maximum absolute atomic E-state index is 13.4. The molecule has 51 heavy (non-hydrogen) atoms. The van der Waals surface area contributed by atoms with Crippen molar-refractivity contribution < 1.29 is 19.7 Å². The minimum absolute atomic E-state index is 0.0747. The molecule has 0 aliphatic heterocycles. The molecule has 0 radical (unpaired) electrons. The number of aliphatic hydroxyl groups excluding tert-OH is 1. The molecule has 4 N–H and O–H groups in total. The Morgan fingerprint density at radius 3 is 2.61 bits per heavy atom. The summed E-state index contributed by atoms with van der Waals surface area (Å²) in [6.07, 6.45) is 3.98. The number of benzene rings is 3. The molecule has 0 atom stereocenters. The second-order valence-electron chi connectivity index (χ2n) is 12.2. The van der Waals surface area contributed by atoms with Gasteiger partial charge in [-0.15, -0.1) is 10.2 Å². The summed E-state index contributed by atoms with van der Waals surface area (Å²) in [7, 11) is 0. The second kappa shape index (κ2) is 15.6. The highest BCUT2D eigenvalue weighted by atomic mass is 32.2. The number of carbonyl (C=O) groups excluding carboxylic acids is 1. The standard InChI is InChI=1S/C37H36N8O4S2/c1-37(2,23-50-3)32-19-34(45(43-32)27-9-11-28(12-10-27)49-17-16-46)40-36(48)39-21-25-6-4-5-7-31(25)51-29-13-15-33-41-42-35(44(33)22-29)24-8-14-30(47)26(18-24)20-38/h4-15,18-19,22,46-47H,16-17,21,23H2,1-3H3,(H2,39,40,48). The van der Waals surface area contributed by atoms with Crippen LogP contribution < -0.4 is 15.4 Å². The summed E-state index contributed by atoms with van der Waals surface area (Å²) in [5.74, 6) is 2.45. The van der Waals surface area contributed by atoms with Crippen molar-refractivity contribution in [1.82, 2.24) is 29.7 Å². The summed E-state index contributed by atoms with van der Waals surface area (Å²) in [6.45, 7) is 4.65. The first-order chi connectivity index (χ1) is 24.7. The number of aliphatic hydroxyl groups is 1. The summed E-state index contributed by atoms with van der Waals surface area (Å²) in [6, 6.07) is 27.3. The van der Waals surface area contributed by atoms with Gasteiger partial charge in [0.25, 0.3) is 0 Å². The number of nitriles is 1. The Labute approximate surface area is 303 Å². The number of hydrogen-bond donors (Lipinski definition) is 4. The Bertz CT molecular complexity index is 2210. The van der Waals surface area contributed by atoms with E-state index in [9.17, 15) is 15.2 Å². The highest BCUT2D eigenvalue weighted by Crippen LogP contribution is 2.33. The number of amides is 2. The predicted molar refractivity (Wildman–Crippen MR) is 199 cm³/mol. The van der Waals surface area contributed by atoms with Crippen LogP contribution >= 0.6 is 23.5 Å². The van der Waals surface area contributed by atoms with Gasteiger partial charge >= 0.3 is 6.03 Å². The van der Waals surface area contributed by atoms with Crippen LogP contribution in [-0.4, -0.2) is 65.8 Å². The molecule has 0 spiro atoms. The van der Waals surface area contributed by atoms with Crippen LogP contribution in [0.2, 0.25) is 0 Å². The molecule has 12 nitrogen and oxygen atoms in total. The Morgan fingerprint density at radius 1 is 1.04 bits per heavy atom. The Hall–Kier alpha value is -5.49. The fourth-order valence-corrected chi connectivity index (χ4v) is 7.22. The third-order valence-electron chi connectivity index (χ3n) is 7.98. The van der Waals surface area contributed by atoms with Crippen LogP contribution in [0.15, 0.2) is 101 Å². The molecule has 260 valence electrons. The van der Waals surface area contributed by atoms with Crippen LogP contribution in [0.5, 0.6) is 11.5 Å². The van der Waals surface area contributed by atoms with Gasteiger partial charge in [0.1, 0.15) is 30.0 Å². The highest BCUT2D eigenvalue weighted by Gasteiger charge is 2.26. The molecule has 0 saturated carbocycles. The number of anilines is 1. The third-order valence-corrected chi connectivity index (χ3v) is 10.1. The first kappa shape index (κ1) is 35.3. The number of aromatic hydroxyl groups is 1. The monoisotopic (exact) mass is 720 g/mol. The molecule has 0 bridgehead atoms. The molecule has 14 heteroatoms. The van der Waals surface area contributed by atoms with Gasteiger partial charge in [0.2, 0.25) is 0 Å². The van der Waals surface area contributed by atoms with E-state index in [-0.39, 0.29) is 42.5 Å². The Kier molecular flexibility index (Phi) is 10.8. The van der Waals surface area contributed by atoms with Gasteiger partial charge in [-0.2, -0.15) is 22.1 Å². The van der Waals surface area contributed by atoms with Crippen molar-refractivity contribution in [3.05, 3.63) is 108 Å². The molecule has 0 aliphatic rings. The van der Waals surface area contributed by atoms with Gasteiger partial charge < -0.3 is 20.3 Å². The van der Waals surface area contributed by atoms with E-state index in [1.165, 1.54) is 17.8 Å². The zero-order valence-electron chi connectivity index (χ0n) is 28.2. The molecule has 6 aromatic rings. The lowest BCUT2D eigenvalue weighted by molar-refractivity contribution is 0.201. The van der Waals surface area contributed by atoms with Crippen molar-refractivity contribution in [1.29, 1.82) is 5.26 Å². The van der Waals surface area contributed by atoms with Crippen molar-refractivity contribution in [2.45, 2.75) is 35.6 Å². The number of phenols is 1. The normalized spacial score (nSPS) is 11.4. The van der Waals surface area contributed by atoms with Gasteiger partial charge in [-0.05, 0) is 72.5 Å². The molecule has 0 unspecified atom stereocenters. The van der Waals surface area contributed by atoms with E-state index < -0.39 is 0 Å². The summed E-state index contributed by atoms with van der Waals surface area (Å²) < 4.78 is 9.07. The van der Waals surface area contributed by atoms with E-state index in [0.29, 0.717) is 28.6 Å². The van der Waals surface area contributed by atoms with Crippen molar-refractivity contribution in [3.63, 3.8) is 0 Å². The quantitative estimate of drug-likeness (QED) is 0.102. The Morgan fingerprint density at radius 2 is 1.84 bits per heavy atom. The van der Waals surface area contributed by atoms with Gasteiger partial charge in [-0.1, -0.05) is 43.8 Å². The molecule has 3 aromatic carbocycles. The van der Waals surface area contributed by atoms with Crippen molar-refractivity contribution in [3.8, 4) is 34.6 Å². The summed E-state index contributed by atoms with van der Waals surface area (Å²) >= 11 is 3.27. The highest BCUT2D eigenvalue weighted by molar-refractivity contribution is 7.99. The molecular formula is C37H36N8O4S2. The lowest BCUT2D eigenvalue weighted by atomic mass is 9.92. The van der Waals surface area contributed by atoms with Crippen LogP contribution in [0.4, 0.5) is 10.6 Å². The zero-order valence-corrected chi connectivity index (χ0v) is 29.8. The maximum atomic E-state index is 13.4. The summed E-state index contributed by atoms with van der Waals surface area (Å²) in [5.41, 5.74) is 3.73. The number of nitrogens with one attached hydrogen (secondary N) is 2.